The van der Waals surface area contributed by atoms with Gasteiger partial charge in [0, 0.05) is 6.04 Å². The third-order valence-corrected chi connectivity index (χ3v) is 5.31. The quantitative estimate of drug-likeness (QED) is 0.837. The molecule has 0 aromatic heterocycles. The number of aliphatic hydroxyl groups excluding tert-OH is 1. The summed E-state index contributed by atoms with van der Waals surface area (Å²) < 4.78 is 27.6. The van der Waals surface area contributed by atoms with Gasteiger partial charge in [0.2, 0.25) is 10.0 Å². The summed E-state index contributed by atoms with van der Waals surface area (Å²) in [6.07, 6.45) is 2.59. The van der Waals surface area contributed by atoms with E-state index in [9.17, 15) is 8.42 Å². The van der Waals surface area contributed by atoms with Gasteiger partial charge in [0.15, 0.2) is 0 Å². The number of nitrogens with one attached hydrogen (secondary N) is 1. The lowest BCUT2D eigenvalue weighted by Gasteiger charge is -2.11. The second kappa shape index (κ2) is 5.61. The molecule has 1 aliphatic rings. The minimum absolute atomic E-state index is 0.0810. The van der Waals surface area contributed by atoms with E-state index in [0.29, 0.717) is 22.8 Å². The number of aryl methyl sites for hydroxylation is 1. The van der Waals surface area contributed by atoms with Crippen molar-refractivity contribution in [3.05, 3.63) is 29.3 Å². The van der Waals surface area contributed by atoms with Crippen molar-refractivity contribution >= 4 is 10.0 Å². The first-order chi connectivity index (χ1) is 9.01. The standard InChI is InChI=1S/C14H21NO3S/c1-3-11-6-5-10(9-16)7-14(11)19(17,18)15-13-8-12(13)4-2/h5-7,12-13,15-16H,3-4,8-9H2,1-2H3. The molecule has 0 saturated heterocycles. The highest BCUT2D eigenvalue weighted by molar-refractivity contribution is 7.89. The molecule has 0 amide bonds. The van der Waals surface area contributed by atoms with E-state index in [2.05, 4.69) is 11.6 Å². The molecule has 1 saturated carbocycles. The monoisotopic (exact) mass is 283 g/mol. The maximum Gasteiger partial charge on any atom is 0.241 e. The molecule has 0 heterocycles. The van der Waals surface area contributed by atoms with Crippen LogP contribution in [0.5, 0.6) is 0 Å². The van der Waals surface area contributed by atoms with Gasteiger partial charge in [0.05, 0.1) is 11.5 Å². The van der Waals surface area contributed by atoms with Crippen molar-refractivity contribution in [2.75, 3.05) is 0 Å². The number of rotatable bonds is 6. The minimum Gasteiger partial charge on any atom is -0.392 e. The van der Waals surface area contributed by atoms with Crippen LogP contribution in [0.25, 0.3) is 0 Å². The Balaban J connectivity index is 2.28. The van der Waals surface area contributed by atoms with E-state index in [1.54, 1.807) is 18.2 Å². The third-order valence-electron chi connectivity index (χ3n) is 3.74. The molecule has 0 bridgehead atoms. The molecule has 2 N–H and O–H groups in total. The first-order valence-electron chi connectivity index (χ1n) is 6.76. The largest absolute Gasteiger partial charge is 0.392 e. The molecule has 0 spiro atoms. The minimum atomic E-state index is -3.48. The molecule has 0 radical (unpaired) electrons. The van der Waals surface area contributed by atoms with Gasteiger partial charge in [-0.05, 0) is 36.0 Å². The highest BCUT2D eigenvalue weighted by atomic mass is 32.2. The summed E-state index contributed by atoms with van der Waals surface area (Å²) >= 11 is 0. The fourth-order valence-corrected chi connectivity index (χ4v) is 4.02. The molecule has 0 aliphatic heterocycles. The molecule has 5 heteroatoms. The fourth-order valence-electron chi connectivity index (χ4n) is 2.35. The maximum absolute atomic E-state index is 12.4. The van der Waals surface area contributed by atoms with Crippen LogP contribution in [0.15, 0.2) is 23.1 Å². The van der Waals surface area contributed by atoms with Crippen molar-refractivity contribution in [1.29, 1.82) is 0 Å². The fraction of sp³-hybridized carbons (Fsp3) is 0.571. The lowest BCUT2D eigenvalue weighted by Crippen LogP contribution is -2.28. The molecule has 106 valence electrons. The van der Waals surface area contributed by atoms with E-state index in [1.807, 2.05) is 6.92 Å². The third kappa shape index (κ3) is 3.16. The summed E-state index contributed by atoms with van der Waals surface area (Å²) in [5.74, 6) is 0.473. The predicted octanol–water partition coefficient (Wildman–Crippen LogP) is 1.82. The Morgan fingerprint density at radius 1 is 1.37 bits per heavy atom. The van der Waals surface area contributed by atoms with Crippen LogP contribution in [0.2, 0.25) is 0 Å². The van der Waals surface area contributed by atoms with Gasteiger partial charge in [0.1, 0.15) is 0 Å². The molecular formula is C14H21NO3S. The molecule has 1 fully saturated rings. The normalized spacial score (nSPS) is 22.5. The van der Waals surface area contributed by atoms with E-state index in [4.69, 9.17) is 5.11 Å². The Morgan fingerprint density at radius 2 is 2.11 bits per heavy atom. The molecule has 1 aromatic rings. The number of hydrogen-bond donors (Lipinski definition) is 2. The molecule has 2 atom stereocenters. The van der Waals surface area contributed by atoms with Gasteiger partial charge in [-0.3, -0.25) is 0 Å². The number of hydrogen-bond acceptors (Lipinski definition) is 3. The van der Waals surface area contributed by atoms with E-state index in [1.165, 1.54) is 0 Å². The number of aliphatic hydroxyl groups is 1. The van der Waals surface area contributed by atoms with Crippen LogP contribution in [-0.2, 0) is 23.1 Å². The second-order valence-electron chi connectivity index (χ2n) is 5.09. The maximum atomic E-state index is 12.4. The van der Waals surface area contributed by atoms with Gasteiger partial charge < -0.3 is 5.11 Å². The summed E-state index contributed by atoms with van der Waals surface area (Å²) in [7, 11) is -3.48. The van der Waals surface area contributed by atoms with Crippen LogP contribution in [0.4, 0.5) is 0 Å². The van der Waals surface area contributed by atoms with E-state index < -0.39 is 10.0 Å². The van der Waals surface area contributed by atoms with Crippen LogP contribution in [0.3, 0.4) is 0 Å². The molecule has 4 nitrogen and oxygen atoms in total. The Morgan fingerprint density at radius 3 is 2.63 bits per heavy atom. The topological polar surface area (TPSA) is 66.4 Å². The van der Waals surface area contributed by atoms with Crippen molar-refractivity contribution in [2.24, 2.45) is 5.92 Å². The molecule has 2 unspecified atom stereocenters. The van der Waals surface area contributed by atoms with Gasteiger partial charge >= 0.3 is 0 Å². The Bertz CT molecular complexity index is 554. The summed E-state index contributed by atoms with van der Waals surface area (Å²) in [4.78, 5) is 0.309. The second-order valence-corrected chi connectivity index (χ2v) is 6.77. The van der Waals surface area contributed by atoms with E-state index >= 15 is 0 Å². The zero-order chi connectivity index (χ0) is 14.0. The first kappa shape index (κ1) is 14.5. The Labute approximate surface area is 114 Å². The predicted molar refractivity (Wildman–Crippen MR) is 74.3 cm³/mol. The zero-order valence-electron chi connectivity index (χ0n) is 11.4. The van der Waals surface area contributed by atoms with Crippen molar-refractivity contribution in [3.63, 3.8) is 0 Å². The molecule has 1 aliphatic carbocycles. The molecule has 1 aromatic carbocycles. The van der Waals surface area contributed by atoms with Gasteiger partial charge in [-0.1, -0.05) is 32.4 Å². The van der Waals surface area contributed by atoms with E-state index in [-0.39, 0.29) is 12.6 Å². The lowest BCUT2D eigenvalue weighted by molar-refractivity contribution is 0.281. The highest BCUT2D eigenvalue weighted by Crippen LogP contribution is 2.34. The lowest BCUT2D eigenvalue weighted by atomic mass is 10.1. The molecule has 2 rings (SSSR count). The summed E-state index contributed by atoms with van der Waals surface area (Å²) in [6.45, 7) is 3.86. The average Bonchev–Trinajstić information content (AvgIpc) is 3.15. The van der Waals surface area contributed by atoms with Crippen molar-refractivity contribution in [3.8, 4) is 0 Å². The number of sulfonamides is 1. The van der Waals surface area contributed by atoms with E-state index in [0.717, 1.165) is 18.4 Å². The molecule has 19 heavy (non-hydrogen) atoms. The summed E-state index contributed by atoms with van der Waals surface area (Å²) in [6, 6.07) is 5.20. The Hall–Kier alpha value is -0.910. The average molecular weight is 283 g/mol. The van der Waals surface area contributed by atoms with Crippen molar-refractivity contribution in [1.82, 2.24) is 4.72 Å². The Kier molecular flexibility index (Phi) is 4.28. The highest BCUT2D eigenvalue weighted by Gasteiger charge is 2.39. The smallest absolute Gasteiger partial charge is 0.241 e. The SMILES string of the molecule is CCc1ccc(CO)cc1S(=O)(=O)NC1CC1CC. The van der Waals surface area contributed by atoms with Gasteiger partial charge in [-0.2, -0.15) is 0 Å². The summed E-state index contributed by atoms with van der Waals surface area (Å²) in [5, 5.41) is 9.15. The van der Waals surface area contributed by atoms with Gasteiger partial charge in [-0.25, -0.2) is 13.1 Å². The first-order valence-corrected chi connectivity index (χ1v) is 8.25. The van der Waals surface area contributed by atoms with Crippen LogP contribution in [0, 0.1) is 5.92 Å². The van der Waals surface area contributed by atoms with Gasteiger partial charge in [0.25, 0.3) is 0 Å². The zero-order valence-corrected chi connectivity index (χ0v) is 12.2. The van der Waals surface area contributed by atoms with Crippen LogP contribution in [0.1, 0.15) is 37.8 Å². The molecular weight excluding hydrogens is 262 g/mol. The van der Waals surface area contributed by atoms with Crippen molar-refractivity contribution < 1.29 is 13.5 Å². The van der Waals surface area contributed by atoms with Crippen molar-refractivity contribution in [2.45, 2.75) is 50.7 Å². The van der Waals surface area contributed by atoms with Crippen LogP contribution in [-0.4, -0.2) is 19.6 Å². The summed E-state index contributed by atoms with van der Waals surface area (Å²) in [5.41, 5.74) is 1.42. The van der Waals surface area contributed by atoms with Gasteiger partial charge in [-0.15, -0.1) is 0 Å². The van der Waals surface area contributed by atoms with Crippen LogP contribution < -0.4 is 4.72 Å². The number of benzene rings is 1. The van der Waals surface area contributed by atoms with Crippen LogP contribution >= 0.6 is 0 Å².